The lowest BCUT2D eigenvalue weighted by Crippen LogP contribution is -2.34. The Hall–Kier alpha value is -1.65. The van der Waals surface area contributed by atoms with Gasteiger partial charge in [0.2, 0.25) is 5.88 Å². The van der Waals surface area contributed by atoms with Gasteiger partial charge in [0.25, 0.3) is 0 Å². The standard InChI is InChI=1S/C18H20ClFN2O/c1-12-10-21-8-7-15(12)17-3-2-4-18(22-17)23-11-13-5-6-14(19)9-16(13)20/h2-6,9,12,15,21H,7-8,10-11H2,1H3/t12-,15+/m0/s1. The molecule has 1 aromatic heterocycles. The molecule has 0 amide bonds. The van der Waals surface area contributed by atoms with E-state index in [0.717, 1.165) is 25.2 Å². The summed E-state index contributed by atoms with van der Waals surface area (Å²) >= 11 is 5.76. The number of aromatic nitrogens is 1. The van der Waals surface area contributed by atoms with Crippen LogP contribution in [0.2, 0.25) is 5.02 Å². The van der Waals surface area contributed by atoms with Gasteiger partial charge in [0, 0.05) is 28.3 Å². The number of benzene rings is 1. The number of rotatable bonds is 4. The van der Waals surface area contributed by atoms with E-state index in [-0.39, 0.29) is 12.4 Å². The Kier molecular flexibility index (Phi) is 5.13. The van der Waals surface area contributed by atoms with Crippen LogP contribution in [0.5, 0.6) is 5.88 Å². The molecule has 1 aliphatic heterocycles. The molecule has 2 heterocycles. The lowest BCUT2D eigenvalue weighted by Gasteiger charge is -2.29. The molecule has 2 aromatic rings. The quantitative estimate of drug-likeness (QED) is 0.911. The normalized spacial score (nSPS) is 21.2. The number of nitrogens with zero attached hydrogens (tertiary/aromatic N) is 1. The van der Waals surface area contributed by atoms with E-state index in [1.54, 1.807) is 12.1 Å². The zero-order valence-electron chi connectivity index (χ0n) is 13.1. The third-order valence-corrected chi connectivity index (χ3v) is 4.54. The van der Waals surface area contributed by atoms with E-state index in [2.05, 4.69) is 17.2 Å². The minimum absolute atomic E-state index is 0.140. The smallest absolute Gasteiger partial charge is 0.213 e. The molecule has 0 spiro atoms. The van der Waals surface area contributed by atoms with E-state index in [0.29, 0.717) is 28.3 Å². The molecule has 0 bridgehead atoms. The Balaban J connectivity index is 1.70. The van der Waals surface area contributed by atoms with Gasteiger partial charge in [-0.15, -0.1) is 0 Å². The van der Waals surface area contributed by atoms with Crippen molar-refractivity contribution in [2.24, 2.45) is 5.92 Å². The average molecular weight is 335 g/mol. The third kappa shape index (κ3) is 4.01. The number of halogens is 2. The summed E-state index contributed by atoms with van der Waals surface area (Å²) in [5.74, 6) is 1.15. The minimum atomic E-state index is -0.361. The van der Waals surface area contributed by atoms with E-state index in [1.807, 2.05) is 18.2 Å². The fourth-order valence-electron chi connectivity index (χ4n) is 2.96. The molecule has 0 aliphatic carbocycles. The number of hydrogen-bond acceptors (Lipinski definition) is 3. The molecule has 23 heavy (non-hydrogen) atoms. The van der Waals surface area contributed by atoms with Crippen molar-refractivity contribution >= 4 is 11.6 Å². The summed E-state index contributed by atoms with van der Waals surface area (Å²) in [6.07, 6.45) is 1.07. The summed E-state index contributed by atoms with van der Waals surface area (Å²) in [5.41, 5.74) is 1.52. The predicted octanol–water partition coefficient (Wildman–Crippen LogP) is 4.17. The Morgan fingerprint density at radius 3 is 3.00 bits per heavy atom. The van der Waals surface area contributed by atoms with Gasteiger partial charge in [-0.25, -0.2) is 9.37 Å². The van der Waals surface area contributed by atoms with Gasteiger partial charge in [-0.1, -0.05) is 30.7 Å². The fraction of sp³-hybridized carbons (Fsp3) is 0.389. The molecule has 3 nitrogen and oxygen atoms in total. The molecule has 0 unspecified atom stereocenters. The highest BCUT2D eigenvalue weighted by Crippen LogP contribution is 2.29. The predicted molar refractivity (Wildman–Crippen MR) is 89.4 cm³/mol. The molecule has 122 valence electrons. The first kappa shape index (κ1) is 16.2. The second-order valence-electron chi connectivity index (χ2n) is 6.00. The molecule has 1 aliphatic rings. The van der Waals surface area contributed by atoms with Crippen molar-refractivity contribution in [1.82, 2.24) is 10.3 Å². The molecule has 3 rings (SSSR count). The van der Waals surface area contributed by atoms with Crippen molar-refractivity contribution in [2.45, 2.75) is 25.9 Å². The van der Waals surface area contributed by atoms with Gasteiger partial charge in [-0.05, 0) is 43.6 Å². The first-order valence-corrected chi connectivity index (χ1v) is 8.25. The Morgan fingerprint density at radius 2 is 2.22 bits per heavy atom. The maximum atomic E-state index is 13.8. The van der Waals surface area contributed by atoms with Crippen LogP contribution in [-0.4, -0.2) is 18.1 Å². The first-order valence-electron chi connectivity index (χ1n) is 7.88. The topological polar surface area (TPSA) is 34.1 Å². The molecule has 1 N–H and O–H groups in total. The molecule has 5 heteroatoms. The lowest BCUT2D eigenvalue weighted by atomic mass is 9.85. The maximum absolute atomic E-state index is 13.8. The van der Waals surface area contributed by atoms with Crippen LogP contribution >= 0.6 is 11.6 Å². The first-order chi connectivity index (χ1) is 11.1. The lowest BCUT2D eigenvalue weighted by molar-refractivity contribution is 0.283. The van der Waals surface area contributed by atoms with Gasteiger partial charge in [0.15, 0.2) is 0 Å². The van der Waals surface area contributed by atoms with Crippen molar-refractivity contribution in [2.75, 3.05) is 13.1 Å². The van der Waals surface area contributed by atoms with Crippen molar-refractivity contribution < 1.29 is 9.13 Å². The Bertz CT molecular complexity index is 680. The average Bonchev–Trinajstić information content (AvgIpc) is 2.55. The van der Waals surface area contributed by atoms with E-state index in [4.69, 9.17) is 16.3 Å². The number of hydrogen-bond donors (Lipinski definition) is 1. The number of pyridine rings is 1. The van der Waals surface area contributed by atoms with Crippen molar-refractivity contribution in [3.05, 3.63) is 58.5 Å². The second kappa shape index (κ2) is 7.28. The molecule has 1 aromatic carbocycles. The zero-order valence-corrected chi connectivity index (χ0v) is 13.8. The van der Waals surface area contributed by atoms with E-state index >= 15 is 0 Å². The maximum Gasteiger partial charge on any atom is 0.213 e. The summed E-state index contributed by atoms with van der Waals surface area (Å²) in [5, 5.41) is 3.78. The highest BCUT2D eigenvalue weighted by Gasteiger charge is 2.24. The van der Waals surface area contributed by atoms with Gasteiger partial charge >= 0.3 is 0 Å². The van der Waals surface area contributed by atoms with Crippen LogP contribution in [0.25, 0.3) is 0 Å². The Morgan fingerprint density at radius 1 is 1.35 bits per heavy atom. The number of piperidine rings is 1. The highest BCUT2D eigenvalue weighted by atomic mass is 35.5. The van der Waals surface area contributed by atoms with Gasteiger partial charge in [0.1, 0.15) is 12.4 Å². The summed E-state index contributed by atoms with van der Waals surface area (Å²) < 4.78 is 19.5. The largest absolute Gasteiger partial charge is 0.473 e. The van der Waals surface area contributed by atoms with Crippen LogP contribution in [0.1, 0.15) is 30.5 Å². The Labute approximate surface area is 140 Å². The molecule has 0 radical (unpaired) electrons. The van der Waals surface area contributed by atoms with Gasteiger partial charge in [-0.2, -0.15) is 0 Å². The van der Waals surface area contributed by atoms with E-state index in [1.165, 1.54) is 6.07 Å². The van der Waals surface area contributed by atoms with E-state index in [9.17, 15) is 4.39 Å². The van der Waals surface area contributed by atoms with Crippen LogP contribution in [0.4, 0.5) is 4.39 Å². The molecular weight excluding hydrogens is 315 g/mol. The van der Waals surface area contributed by atoms with Crippen LogP contribution < -0.4 is 10.1 Å². The molecular formula is C18H20ClFN2O. The monoisotopic (exact) mass is 334 g/mol. The molecule has 1 fully saturated rings. The van der Waals surface area contributed by atoms with Gasteiger partial charge < -0.3 is 10.1 Å². The highest BCUT2D eigenvalue weighted by molar-refractivity contribution is 6.30. The van der Waals surface area contributed by atoms with Crippen LogP contribution in [0.3, 0.4) is 0 Å². The summed E-state index contributed by atoms with van der Waals surface area (Å²) in [4.78, 5) is 4.61. The zero-order chi connectivity index (χ0) is 16.2. The van der Waals surface area contributed by atoms with Gasteiger partial charge in [-0.3, -0.25) is 0 Å². The van der Waals surface area contributed by atoms with Crippen LogP contribution in [0, 0.1) is 11.7 Å². The van der Waals surface area contributed by atoms with Crippen molar-refractivity contribution in [1.29, 1.82) is 0 Å². The number of ether oxygens (including phenoxy) is 1. The van der Waals surface area contributed by atoms with Crippen LogP contribution in [0.15, 0.2) is 36.4 Å². The number of nitrogens with one attached hydrogen (secondary N) is 1. The SMILES string of the molecule is C[C@H]1CNCC[C@H]1c1cccc(OCc2ccc(Cl)cc2F)n1. The second-order valence-corrected chi connectivity index (χ2v) is 6.44. The molecule has 0 saturated carbocycles. The van der Waals surface area contributed by atoms with Crippen molar-refractivity contribution in [3.63, 3.8) is 0 Å². The summed E-state index contributed by atoms with van der Waals surface area (Å²) in [6.45, 7) is 4.39. The molecule has 2 atom stereocenters. The van der Waals surface area contributed by atoms with Gasteiger partial charge in [0.05, 0.1) is 0 Å². The summed E-state index contributed by atoms with van der Waals surface area (Å²) in [7, 11) is 0. The molecule has 1 saturated heterocycles. The minimum Gasteiger partial charge on any atom is -0.473 e. The summed E-state index contributed by atoms with van der Waals surface area (Å²) in [6, 6.07) is 10.4. The fourth-order valence-corrected chi connectivity index (χ4v) is 3.12. The third-order valence-electron chi connectivity index (χ3n) is 4.30. The van der Waals surface area contributed by atoms with Crippen LogP contribution in [-0.2, 0) is 6.61 Å². The van der Waals surface area contributed by atoms with E-state index < -0.39 is 0 Å². The van der Waals surface area contributed by atoms with Crippen molar-refractivity contribution in [3.8, 4) is 5.88 Å².